The Balaban J connectivity index is 2.37. The molecule has 1 fully saturated rings. The highest BCUT2D eigenvalue weighted by Crippen LogP contribution is 2.38. The van der Waals surface area contributed by atoms with Gasteiger partial charge in [-0.3, -0.25) is 4.79 Å². The van der Waals surface area contributed by atoms with Crippen molar-refractivity contribution in [2.45, 2.75) is 58.3 Å². The van der Waals surface area contributed by atoms with E-state index >= 15 is 0 Å². The van der Waals surface area contributed by atoms with Gasteiger partial charge in [-0.15, -0.1) is 0 Å². The number of carbonyl (C=O) groups is 1. The zero-order valence-electron chi connectivity index (χ0n) is 12.0. The van der Waals surface area contributed by atoms with Crippen LogP contribution in [0.5, 0.6) is 0 Å². The Hall–Kier alpha value is -0.420. The molecule has 19 heavy (non-hydrogen) atoms. The summed E-state index contributed by atoms with van der Waals surface area (Å²) in [7, 11) is -2.95. The molecular formula is C14H27NO3S. The fourth-order valence-electron chi connectivity index (χ4n) is 2.90. The van der Waals surface area contributed by atoms with Crippen LogP contribution in [-0.4, -0.2) is 32.3 Å². The van der Waals surface area contributed by atoms with E-state index in [1.807, 2.05) is 0 Å². The first kappa shape index (κ1) is 16.6. The molecule has 0 saturated heterocycles. The zero-order valence-corrected chi connectivity index (χ0v) is 12.8. The van der Waals surface area contributed by atoms with Gasteiger partial charge in [0.2, 0.25) is 0 Å². The average Bonchev–Trinajstić information content (AvgIpc) is 2.39. The standard InChI is InChI=1S/C14H27NO3S/c1-2-19(17,18)10-6-7-13(16)11-14(12-15)8-4-3-5-9-14/h2-12,15H2,1H3. The van der Waals surface area contributed by atoms with Crippen molar-refractivity contribution in [3.8, 4) is 0 Å². The Morgan fingerprint density at radius 1 is 1.21 bits per heavy atom. The van der Waals surface area contributed by atoms with Gasteiger partial charge in [-0.1, -0.05) is 26.2 Å². The van der Waals surface area contributed by atoms with E-state index in [-0.39, 0.29) is 22.7 Å². The molecule has 112 valence electrons. The summed E-state index contributed by atoms with van der Waals surface area (Å²) in [6.07, 6.45) is 7.02. The molecule has 0 aromatic heterocycles. The Morgan fingerprint density at radius 3 is 2.37 bits per heavy atom. The van der Waals surface area contributed by atoms with E-state index < -0.39 is 9.84 Å². The van der Waals surface area contributed by atoms with Crippen molar-refractivity contribution in [3.05, 3.63) is 0 Å². The van der Waals surface area contributed by atoms with E-state index in [0.29, 0.717) is 25.8 Å². The summed E-state index contributed by atoms with van der Waals surface area (Å²) in [4.78, 5) is 12.0. The van der Waals surface area contributed by atoms with Crippen LogP contribution < -0.4 is 5.73 Å². The van der Waals surface area contributed by atoms with Gasteiger partial charge in [-0.25, -0.2) is 8.42 Å². The third-order valence-corrected chi connectivity index (χ3v) is 6.06. The Labute approximate surface area is 117 Å². The van der Waals surface area contributed by atoms with Gasteiger partial charge in [0.15, 0.2) is 0 Å². The summed E-state index contributed by atoms with van der Waals surface area (Å²) in [6.45, 7) is 2.22. The molecule has 0 unspecified atom stereocenters. The number of carbonyl (C=O) groups excluding carboxylic acids is 1. The highest BCUT2D eigenvalue weighted by atomic mass is 32.2. The van der Waals surface area contributed by atoms with Crippen molar-refractivity contribution in [1.29, 1.82) is 0 Å². The number of hydrogen-bond donors (Lipinski definition) is 1. The molecule has 2 N–H and O–H groups in total. The van der Waals surface area contributed by atoms with Crippen molar-refractivity contribution >= 4 is 15.6 Å². The lowest BCUT2D eigenvalue weighted by atomic mass is 9.70. The first-order chi connectivity index (χ1) is 8.93. The number of Topliss-reactive ketones (excluding diaryl/α,β-unsaturated/α-hetero) is 1. The van der Waals surface area contributed by atoms with E-state index in [9.17, 15) is 13.2 Å². The third-order valence-electron chi connectivity index (χ3n) is 4.27. The summed E-state index contributed by atoms with van der Waals surface area (Å²) in [5.41, 5.74) is 5.86. The summed E-state index contributed by atoms with van der Waals surface area (Å²) >= 11 is 0. The molecular weight excluding hydrogens is 262 g/mol. The topological polar surface area (TPSA) is 77.2 Å². The molecule has 0 aromatic rings. The fourth-order valence-corrected chi connectivity index (χ4v) is 3.77. The molecule has 0 aliphatic heterocycles. The monoisotopic (exact) mass is 289 g/mol. The van der Waals surface area contributed by atoms with Crippen molar-refractivity contribution in [2.75, 3.05) is 18.1 Å². The maximum Gasteiger partial charge on any atom is 0.150 e. The van der Waals surface area contributed by atoms with Gasteiger partial charge in [0.05, 0.1) is 5.75 Å². The molecule has 1 aliphatic rings. The van der Waals surface area contributed by atoms with Crippen LogP contribution >= 0.6 is 0 Å². The van der Waals surface area contributed by atoms with Crippen LogP contribution in [0.2, 0.25) is 0 Å². The zero-order chi connectivity index (χ0) is 14.4. The number of nitrogens with two attached hydrogens (primary N) is 1. The summed E-state index contributed by atoms with van der Waals surface area (Å²) in [6, 6.07) is 0. The van der Waals surface area contributed by atoms with Crippen LogP contribution in [0.15, 0.2) is 0 Å². The van der Waals surface area contributed by atoms with Crippen LogP contribution in [0.25, 0.3) is 0 Å². The van der Waals surface area contributed by atoms with Gasteiger partial charge in [0, 0.05) is 18.6 Å². The molecule has 0 spiro atoms. The van der Waals surface area contributed by atoms with Crippen molar-refractivity contribution < 1.29 is 13.2 Å². The Morgan fingerprint density at radius 2 is 1.84 bits per heavy atom. The molecule has 1 rings (SSSR count). The first-order valence-electron chi connectivity index (χ1n) is 7.35. The minimum absolute atomic E-state index is 0.00103. The number of hydrogen-bond acceptors (Lipinski definition) is 4. The lowest BCUT2D eigenvalue weighted by Gasteiger charge is -2.35. The molecule has 0 heterocycles. The van der Waals surface area contributed by atoms with E-state index in [2.05, 4.69) is 0 Å². The van der Waals surface area contributed by atoms with Crippen molar-refractivity contribution in [2.24, 2.45) is 11.1 Å². The third kappa shape index (κ3) is 5.61. The van der Waals surface area contributed by atoms with Crippen LogP contribution in [0.4, 0.5) is 0 Å². The van der Waals surface area contributed by atoms with Gasteiger partial charge in [0.1, 0.15) is 15.6 Å². The molecule has 0 amide bonds. The smallest absolute Gasteiger partial charge is 0.150 e. The molecule has 0 bridgehead atoms. The van der Waals surface area contributed by atoms with Gasteiger partial charge >= 0.3 is 0 Å². The molecule has 0 aromatic carbocycles. The minimum Gasteiger partial charge on any atom is -0.330 e. The number of sulfone groups is 1. The number of rotatable bonds is 8. The fraction of sp³-hybridized carbons (Fsp3) is 0.929. The van der Waals surface area contributed by atoms with Gasteiger partial charge < -0.3 is 5.73 Å². The second-order valence-electron chi connectivity index (χ2n) is 5.82. The predicted octanol–water partition coefficient (Wildman–Crippen LogP) is 2.07. The first-order valence-corrected chi connectivity index (χ1v) is 9.17. The highest BCUT2D eigenvalue weighted by Gasteiger charge is 2.32. The van der Waals surface area contributed by atoms with Gasteiger partial charge in [-0.2, -0.15) is 0 Å². The molecule has 1 saturated carbocycles. The van der Waals surface area contributed by atoms with Gasteiger partial charge in [0.25, 0.3) is 0 Å². The maximum atomic E-state index is 12.0. The SMILES string of the molecule is CCS(=O)(=O)CCCC(=O)CC1(CN)CCCCC1. The normalized spacial score (nSPS) is 19.3. The van der Waals surface area contributed by atoms with E-state index in [1.54, 1.807) is 6.92 Å². The van der Waals surface area contributed by atoms with Crippen molar-refractivity contribution in [1.82, 2.24) is 0 Å². The van der Waals surface area contributed by atoms with Crippen molar-refractivity contribution in [3.63, 3.8) is 0 Å². The molecule has 0 atom stereocenters. The largest absolute Gasteiger partial charge is 0.330 e. The van der Waals surface area contributed by atoms with Gasteiger partial charge in [-0.05, 0) is 31.2 Å². The quantitative estimate of drug-likeness (QED) is 0.742. The maximum absolute atomic E-state index is 12.0. The minimum atomic E-state index is -2.95. The van der Waals surface area contributed by atoms with E-state index in [0.717, 1.165) is 25.7 Å². The molecule has 4 nitrogen and oxygen atoms in total. The predicted molar refractivity (Wildman–Crippen MR) is 77.8 cm³/mol. The Bertz CT molecular complexity index is 383. The lowest BCUT2D eigenvalue weighted by Crippen LogP contribution is -2.35. The molecule has 1 aliphatic carbocycles. The second-order valence-corrected chi connectivity index (χ2v) is 8.29. The lowest BCUT2D eigenvalue weighted by molar-refractivity contribution is -0.121. The van der Waals surface area contributed by atoms with Crippen LogP contribution in [0.3, 0.4) is 0 Å². The van der Waals surface area contributed by atoms with E-state index in [1.165, 1.54) is 6.42 Å². The van der Waals surface area contributed by atoms with Crippen LogP contribution in [0, 0.1) is 5.41 Å². The second kappa shape index (κ2) is 7.39. The van der Waals surface area contributed by atoms with Crippen LogP contribution in [0.1, 0.15) is 58.3 Å². The summed E-state index contributed by atoms with van der Waals surface area (Å²) < 4.78 is 22.7. The van der Waals surface area contributed by atoms with Crippen LogP contribution in [-0.2, 0) is 14.6 Å². The number of ketones is 1. The average molecular weight is 289 g/mol. The summed E-state index contributed by atoms with van der Waals surface area (Å²) in [5, 5.41) is 0. The van der Waals surface area contributed by atoms with E-state index in [4.69, 9.17) is 5.73 Å². The molecule has 5 heteroatoms. The Kier molecular flexibility index (Phi) is 6.47. The summed E-state index contributed by atoms with van der Waals surface area (Å²) in [5.74, 6) is 0.470. The highest BCUT2D eigenvalue weighted by molar-refractivity contribution is 7.91. The molecule has 0 radical (unpaired) electrons.